The Morgan fingerprint density at radius 1 is 1.23 bits per heavy atom. The van der Waals surface area contributed by atoms with Crippen LogP contribution in [0.2, 0.25) is 10.0 Å². The molecule has 0 saturated heterocycles. The Kier molecular flexibility index (Phi) is 7.50. The van der Waals surface area contributed by atoms with E-state index in [-0.39, 0.29) is 22.8 Å². The summed E-state index contributed by atoms with van der Waals surface area (Å²) in [5.74, 6) is -0.546. The number of nitrogens with zero attached hydrogens (tertiary/aromatic N) is 1. The molecule has 1 unspecified atom stereocenters. The highest BCUT2D eigenvalue weighted by atomic mass is 35.5. The van der Waals surface area contributed by atoms with Gasteiger partial charge in [-0.3, -0.25) is 9.59 Å². The van der Waals surface area contributed by atoms with Gasteiger partial charge in [-0.15, -0.1) is 11.3 Å². The molecule has 2 aromatic rings. The number of nitrogens with one attached hydrogen (secondary N) is 1. The summed E-state index contributed by atoms with van der Waals surface area (Å²) in [6, 6.07) is 8.00. The van der Waals surface area contributed by atoms with Crippen LogP contribution in [0.3, 0.4) is 0 Å². The van der Waals surface area contributed by atoms with Gasteiger partial charge in [0.05, 0.1) is 17.1 Å². The number of likely N-dealkylation sites (N-methyl/N-ethyl adjacent to an activating group) is 1. The molecule has 2 rings (SSSR count). The molecule has 7 heteroatoms. The van der Waals surface area contributed by atoms with E-state index in [0.29, 0.717) is 23.7 Å². The van der Waals surface area contributed by atoms with Gasteiger partial charge in [0.1, 0.15) is 6.04 Å². The molecule has 0 aliphatic heterocycles. The molecule has 0 fully saturated rings. The summed E-state index contributed by atoms with van der Waals surface area (Å²) >= 11 is 13.6. The van der Waals surface area contributed by atoms with Crippen LogP contribution in [0.1, 0.15) is 36.0 Å². The molecule has 26 heavy (non-hydrogen) atoms. The molecule has 1 aromatic heterocycles. The van der Waals surface area contributed by atoms with Crippen LogP contribution in [0.4, 0.5) is 0 Å². The van der Waals surface area contributed by atoms with E-state index >= 15 is 0 Å². The van der Waals surface area contributed by atoms with E-state index in [1.807, 2.05) is 38.3 Å². The van der Waals surface area contributed by atoms with Crippen LogP contribution in [0.5, 0.6) is 0 Å². The number of hydrogen-bond acceptors (Lipinski definition) is 3. The second kappa shape index (κ2) is 9.40. The van der Waals surface area contributed by atoms with E-state index in [1.165, 1.54) is 6.07 Å². The third-order valence-electron chi connectivity index (χ3n) is 4.02. The average Bonchev–Trinajstić information content (AvgIpc) is 3.09. The summed E-state index contributed by atoms with van der Waals surface area (Å²) in [5.41, 5.74) is 0.302. The van der Waals surface area contributed by atoms with Gasteiger partial charge < -0.3 is 10.2 Å². The van der Waals surface area contributed by atoms with Crippen molar-refractivity contribution in [1.82, 2.24) is 10.2 Å². The van der Waals surface area contributed by atoms with Gasteiger partial charge in [-0.1, -0.05) is 43.1 Å². The molecule has 0 spiro atoms. The lowest BCUT2D eigenvalue weighted by atomic mass is 10.0. The largest absolute Gasteiger partial charge is 0.340 e. The molecule has 0 saturated carbocycles. The number of amides is 2. The number of carbonyl (C=O) groups is 2. The maximum Gasteiger partial charge on any atom is 0.253 e. The molecule has 0 radical (unpaired) electrons. The predicted molar refractivity (Wildman–Crippen MR) is 108 cm³/mol. The molecule has 0 aliphatic carbocycles. The number of rotatable bonds is 7. The van der Waals surface area contributed by atoms with Crippen LogP contribution in [0.25, 0.3) is 0 Å². The normalized spacial score (nSPS) is 12.1. The Bertz CT molecular complexity index is 763. The Morgan fingerprint density at radius 2 is 1.96 bits per heavy atom. The number of halogens is 2. The number of carbonyl (C=O) groups excluding carboxylic acids is 2. The van der Waals surface area contributed by atoms with Crippen molar-refractivity contribution >= 4 is 46.4 Å². The third-order valence-corrected chi connectivity index (χ3v) is 5.42. The van der Waals surface area contributed by atoms with E-state index in [2.05, 4.69) is 5.32 Å². The van der Waals surface area contributed by atoms with Gasteiger partial charge in [0.15, 0.2) is 0 Å². The Balaban J connectivity index is 2.16. The fourth-order valence-corrected chi connectivity index (χ4v) is 3.75. The minimum Gasteiger partial charge on any atom is -0.340 e. The Hall–Kier alpha value is -1.56. The smallest absolute Gasteiger partial charge is 0.253 e. The lowest BCUT2D eigenvalue weighted by molar-refractivity contribution is -0.134. The molecule has 1 atom stereocenters. The zero-order valence-corrected chi connectivity index (χ0v) is 17.3. The summed E-state index contributed by atoms with van der Waals surface area (Å²) in [7, 11) is 0. The van der Waals surface area contributed by atoms with Crippen molar-refractivity contribution in [2.75, 3.05) is 6.54 Å². The summed E-state index contributed by atoms with van der Waals surface area (Å²) in [6.07, 6.45) is 0. The molecule has 2 amide bonds. The average molecular weight is 413 g/mol. The summed E-state index contributed by atoms with van der Waals surface area (Å²) in [6.45, 7) is 6.85. The highest BCUT2D eigenvalue weighted by Gasteiger charge is 2.29. The van der Waals surface area contributed by atoms with Crippen LogP contribution in [-0.2, 0) is 11.3 Å². The molecule has 1 heterocycles. The fourth-order valence-electron chi connectivity index (χ4n) is 2.54. The molecule has 0 aliphatic rings. The number of hydrogen-bond donors (Lipinski definition) is 1. The van der Waals surface area contributed by atoms with Gasteiger partial charge >= 0.3 is 0 Å². The highest BCUT2D eigenvalue weighted by Crippen LogP contribution is 2.21. The van der Waals surface area contributed by atoms with E-state index in [9.17, 15) is 9.59 Å². The van der Waals surface area contributed by atoms with Crippen LogP contribution in [0, 0.1) is 5.92 Å². The number of thiophene rings is 1. The molecule has 1 aromatic carbocycles. The van der Waals surface area contributed by atoms with E-state index in [0.717, 1.165) is 4.88 Å². The second-order valence-electron chi connectivity index (χ2n) is 6.25. The summed E-state index contributed by atoms with van der Waals surface area (Å²) < 4.78 is 0. The Morgan fingerprint density at radius 3 is 2.50 bits per heavy atom. The zero-order valence-electron chi connectivity index (χ0n) is 15.0. The van der Waals surface area contributed by atoms with Crippen LogP contribution >= 0.6 is 34.5 Å². The van der Waals surface area contributed by atoms with Crippen LogP contribution in [-0.4, -0.2) is 29.3 Å². The van der Waals surface area contributed by atoms with Gasteiger partial charge in [0.2, 0.25) is 5.91 Å². The fraction of sp³-hybridized carbons (Fsp3) is 0.368. The van der Waals surface area contributed by atoms with Crippen molar-refractivity contribution in [3.63, 3.8) is 0 Å². The van der Waals surface area contributed by atoms with Gasteiger partial charge in [-0.2, -0.15) is 0 Å². The van der Waals surface area contributed by atoms with Gasteiger partial charge in [0, 0.05) is 16.4 Å². The molecule has 4 nitrogen and oxygen atoms in total. The summed E-state index contributed by atoms with van der Waals surface area (Å²) in [5, 5.41) is 5.53. The monoisotopic (exact) mass is 412 g/mol. The van der Waals surface area contributed by atoms with Crippen molar-refractivity contribution in [2.24, 2.45) is 5.92 Å². The minimum absolute atomic E-state index is 0.0603. The molecular weight excluding hydrogens is 391 g/mol. The van der Waals surface area contributed by atoms with Crippen molar-refractivity contribution in [2.45, 2.75) is 33.4 Å². The highest BCUT2D eigenvalue weighted by molar-refractivity contribution is 7.09. The van der Waals surface area contributed by atoms with E-state index < -0.39 is 6.04 Å². The lowest BCUT2D eigenvalue weighted by Crippen LogP contribution is -2.51. The first kappa shape index (κ1) is 20.7. The maximum absolute atomic E-state index is 13.0. The predicted octanol–water partition coefficient (Wildman–Crippen LogP) is 4.86. The third kappa shape index (κ3) is 5.22. The minimum atomic E-state index is -0.630. The molecule has 0 bridgehead atoms. The zero-order chi connectivity index (χ0) is 19.3. The van der Waals surface area contributed by atoms with Crippen molar-refractivity contribution in [1.29, 1.82) is 0 Å². The van der Waals surface area contributed by atoms with Gasteiger partial charge in [0.25, 0.3) is 5.91 Å². The second-order valence-corrected chi connectivity index (χ2v) is 8.13. The molecule has 1 N–H and O–H groups in total. The summed E-state index contributed by atoms with van der Waals surface area (Å²) in [4.78, 5) is 28.5. The standard InChI is InChI=1S/C19H22Cl2N2O2S/c1-4-23(11-14-6-5-9-26-14)19(25)17(12(2)3)22-18(24)15-8-7-13(20)10-16(15)21/h5-10,12,17H,4,11H2,1-3H3,(H,22,24). The van der Waals surface area contributed by atoms with Crippen molar-refractivity contribution in [3.05, 3.63) is 56.2 Å². The maximum atomic E-state index is 13.0. The van der Waals surface area contributed by atoms with E-state index in [1.54, 1.807) is 28.4 Å². The Labute approximate surface area is 168 Å². The quantitative estimate of drug-likeness (QED) is 0.705. The first-order valence-electron chi connectivity index (χ1n) is 8.40. The van der Waals surface area contributed by atoms with Gasteiger partial charge in [-0.05, 0) is 42.5 Å². The van der Waals surface area contributed by atoms with Gasteiger partial charge in [-0.25, -0.2) is 0 Å². The molecule has 140 valence electrons. The SMILES string of the molecule is CCN(Cc1cccs1)C(=O)C(NC(=O)c1ccc(Cl)cc1Cl)C(C)C. The van der Waals surface area contributed by atoms with E-state index in [4.69, 9.17) is 23.2 Å². The van der Waals surface area contributed by atoms with Crippen LogP contribution < -0.4 is 5.32 Å². The van der Waals surface area contributed by atoms with Crippen molar-refractivity contribution < 1.29 is 9.59 Å². The van der Waals surface area contributed by atoms with Crippen molar-refractivity contribution in [3.8, 4) is 0 Å². The lowest BCUT2D eigenvalue weighted by Gasteiger charge is -2.29. The molecular formula is C19H22Cl2N2O2S. The van der Waals surface area contributed by atoms with Crippen LogP contribution in [0.15, 0.2) is 35.7 Å². The number of benzene rings is 1. The first-order chi connectivity index (χ1) is 12.3. The topological polar surface area (TPSA) is 49.4 Å². The first-order valence-corrected chi connectivity index (χ1v) is 10.0.